The van der Waals surface area contributed by atoms with E-state index in [1.165, 1.54) is 21.3 Å². The van der Waals surface area contributed by atoms with Crippen LogP contribution in [0.4, 0.5) is 0 Å². The third-order valence-corrected chi connectivity index (χ3v) is 4.79. The lowest BCUT2D eigenvalue weighted by atomic mass is 10.1. The van der Waals surface area contributed by atoms with E-state index in [1.807, 2.05) is 25.1 Å². The van der Waals surface area contributed by atoms with Crippen LogP contribution in [0.15, 0.2) is 36.4 Å². The van der Waals surface area contributed by atoms with Crippen LogP contribution in [-0.4, -0.2) is 36.8 Å². The number of ether oxygens (including phenoxy) is 3. The highest BCUT2D eigenvalue weighted by Gasteiger charge is 2.21. The van der Waals surface area contributed by atoms with E-state index in [1.54, 1.807) is 12.1 Å². The number of nitrogens with zero attached hydrogens (tertiary/aromatic N) is 2. The second kappa shape index (κ2) is 8.86. The van der Waals surface area contributed by atoms with Crippen molar-refractivity contribution in [2.24, 2.45) is 0 Å². The molecule has 154 valence electrons. The quantitative estimate of drug-likeness (QED) is 0.623. The molecule has 0 aliphatic rings. The van der Waals surface area contributed by atoms with E-state index < -0.39 is 0 Å². The summed E-state index contributed by atoms with van der Waals surface area (Å²) in [5.74, 6) is 1.90. The van der Waals surface area contributed by atoms with Gasteiger partial charge in [-0.1, -0.05) is 19.1 Å². The summed E-state index contributed by atoms with van der Waals surface area (Å²) in [5, 5.41) is 3.04. The number of amides is 1. The molecule has 0 aliphatic carbocycles. The van der Waals surface area contributed by atoms with Gasteiger partial charge >= 0.3 is 0 Å². The number of rotatable bonds is 8. The summed E-state index contributed by atoms with van der Waals surface area (Å²) >= 11 is 0. The van der Waals surface area contributed by atoms with Gasteiger partial charge in [0.2, 0.25) is 5.75 Å². The summed E-state index contributed by atoms with van der Waals surface area (Å²) < 4.78 is 18.2. The van der Waals surface area contributed by atoms with Crippen LogP contribution >= 0.6 is 0 Å². The number of aromatic nitrogens is 2. The first-order valence-electron chi connectivity index (χ1n) is 9.60. The number of carbonyl (C=O) groups is 1. The molecule has 1 heterocycles. The molecule has 0 spiro atoms. The monoisotopic (exact) mass is 397 g/mol. The van der Waals surface area contributed by atoms with Crippen LogP contribution in [0.3, 0.4) is 0 Å². The average molecular weight is 397 g/mol. The lowest BCUT2D eigenvalue weighted by Gasteiger charge is -2.17. The molecule has 7 heteroatoms. The molecule has 29 heavy (non-hydrogen) atoms. The van der Waals surface area contributed by atoms with Crippen molar-refractivity contribution in [2.75, 3.05) is 21.3 Å². The van der Waals surface area contributed by atoms with E-state index in [0.717, 1.165) is 29.8 Å². The Bertz CT molecular complexity index is 987. The molecule has 7 nitrogen and oxygen atoms in total. The number of imidazole rings is 1. The molecular formula is C22H27N3O4. The van der Waals surface area contributed by atoms with Crippen LogP contribution in [0.2, 0.25) is 0 Å². The molecule has 1 amide bonds. The van der Waals surface area contributed by atoms with Gasteiger partial charge in [0.05, 0.1) is 38.4 Å². The Morgan fingerprint density at radius 2 is 1.76 bits per heavy atom. The van der Waals surface area contributed by atoms with Crippen molar-refractivity contribution in [3.63, 3.8) is 0 Å². The second-order valence-corrected chi connectivity index (χ2v) is 6.72. The lowest BCUT2D eigenvalue weighted by molar-refractivity contribution is 0.0937. The smallest absolute Gasteiger partial charge is 0.252 e. The van der Waals surface area contributed by atoms with Gasteiger partial charge in [0, 0.05) is 12.1 Å². The van der Waals surface area contributed by atoms with Gasteiger partial charge in [0.25, 0.3) is 5.91 Å². The number of nitrogens with one attached hydrogen (secondary N) is 1. The Balaban J connectivity index is 1.92. The summed E-state index contributed by atoms with van der Waals surface area (Å²) in [4.78, 5) is 17.7. The summed E-state index contributed by atoms with van der Waals surface area (Å²) in [6.07, 6.45) is 0.973. The van der Waals surface area contributed by atoms with E-state index in [-0.39, 0.29) is 11.9 Å². The van der Waals surface area contributed by atoms with Crippen molar-refractivity contribution in [3.05, 3.63) is 47.8 Å². The molecule has 0 fully saturated rings. The third-order valence-electron chi connectivity index (χ3n) is 4.79. The van der Waals surface area contributed by atoms with Crippen LogP contribution in [0.1, 0.15) is 42.5 Å². The van der Waals surface area contributed by atoms with Crippen molar-refractivity contribution in [3.8, 4) is 17.2 Å². The molecule has 0 aliphatic heterocycles. The van der Waals surface area contributed by atoms with E-state index in [0.29, 0.717) is 22.8 Å². The van der Waals surface area contributed by atoms with Gasteiger partial charge in [0.15, 0.2) is 11.5 Å². The average Bonchev–Trinajstić information content (AvgIpc) is 3.11. The number of para-hydroxylation sites is 2. The standard InChI is InChI=1S/C22H27N3O4/c1-6-11-25-17-10-8-7-9-16(17)24-21(25)14(2)23-22(26)15-12-18(27-3)20(29-5)19(13-15)28-4/h7-10,12-14H,6,11H2,1-5H3,(H,23,26). The maximum Gasteiger partial charge on any atom is 0.252 e. The normalized spacial score (nSPS) is 11.9. The molecule has 1 atom stereocenters. The molecule has 1 N–H and O–H groups in total. The molecule has 0 saturated heterocycles. The molecule has 3 rings (SSSR count). The second-order valence-electron chi connectivity index (χ2n) is 6.72. The summed E-state index contributed by atoms with van der Waals surface area (Å²) in [7, 11) is 4.57. The van der Waals surface area contributed by atoms with Gasteiger partial charge in [0.1, 0.15) is 5.82 Å². The van der Waals surface area contributed by atoms with Crippen molar-refractivity contribution in [2.45, 2.75) is 32.9 Å². The van der Waals surface area contributed by atoms with Gasteiger partial charge in [-0.05, 0) is 37.6 Å². The maximum absolute atomic E-state index is 12.9. The number of fused-ring (bicyclic) bond motifs is 1. The molecule has 2 aromatic carbocycles. The number of benzene rings is 2. The molecule has 0 saturated carbocycles. The molecule has 1 unspecified atom stereocenters. The van der Waals surface area contributed by atoms with Crippen molar-refractivity contribution < 1.29 is 19.0 Å². The third kappa shape index (κ3) is 3.99. The van der Waals surface area contributed by atoms with E-state index in [2.05, 4.69) is 22.9 Å². The minimum absolute atomic E-state index is 0.244. The highest BCUT2D eigenvalue weighted by Crippen LogP contribution is 2.38. The van der Waals surface area contributed by atoms with Crippen molar-refractivity contribution in [1.82, 2.24) is 14.9 Å². The number of hydrogen-bond donors (Lipinski definition) is 1. The van der Waals surface area contributed by atoms with E-state index >= 15 is 0 Å². The van der Waals surface area contributed by atoms with Gasteiger partial charge in [-0.25, -0.2) is 4.98 Å². The van der Waals surface area contributed by atoms with Crippen LogP contribution in [0, 0.1) is 0 Å². The lowest BCUT2D eigenvalue weighted by Crippen LogP contribution is -2.28. The van der Waals surface area contributed by atoms with Gasteiger partial charge in [-0.15, -0.1) is 0 Å². The van der Waals surface area contributed by atoms with Crippen LogP contribution in [0.5, 0.6) is 17.2 Å². The fourth-order valence-electron chi connectivity index (χ4n) is 3.44. The van der Waals surface area contributed by atoms with Gasteiger partial charge in [-0.2, -0.15) is 0 Å². The first-order chi connectivity index (χ1) is 14.0. The zero-order valence-corrected chi connectivity index (χ0v) is 17.5. The fourth-order valence-corrected chi connectivity index (χ4v) is 3.44. The number of carbonyl (C=O) groups excluding carboxylic acids is 1. The minimum atomic E-state index is -0.277. The summed E-state index contributed by atoms with van der Waals surface area (Å²) in [6.45, 7) is 4.89. The highest BCUT2D eigenvalue weighted by atomic mass is 16.5. The Kier molecular flexibility index (Phi) is 6.26. The van der Waals surface area contributed by atoms with Gasteiger partial charge in [-0.3, -0.25) is 4.79 Å². The Morgan fingerprint density at radius 1 is 1.10 bits per heavy atom. The van der Waals surface area contributed by atoms with Crippen LogP contribution in [0.25, 0.3) is 11.0 Å². The fraction of sp³-hybridized carbons (Fsp3) is 0.364. The molecule has 0 bridgehead atoms. The largest absolute Gasteiger partial charge is 0.493 e. The maximum atomic E-state index is 12.9. The Hall–Kier alpha value is -3.22. The topological polar surface area (TPSA) is 74.6 Å². The number of methoxy groups -OCH3 is 3. The predicted molar refractivity (Wildman–Crippen MR) is 112 cm³/mol. The molecular weight excluding hydrogens is 370 g/mol. The first kappa shape index (κ1) is 20.5. The summed E-state index contributed by atoms with van der Waals surface area (Å²) in [5.41, 5.74) is 2.41. The molecule has 3 aromatic rings. The molecule has 1 aromatic heterocycles. The number of aryl methyl sites for hydroxylation is 1. The number of hydrogen-bond acceptors (Lipinski definition) is 5. The van der Waals surface area contributed by atoms with E-state index in [4.69, 9.17) is 19.2 Å². The molecule has 0 radical (unpaired) electrons. The SMILES string of the molecule is CCCn1c(C(C)NC(=O)c2cc(OC)c(OC)c(OC)c2)nc2ccccc21. The highest BCUT2D eigenvalue weighted by molar-refractivity contribution is 5.96. The van der Waals surface area contributed by atoms with Crippen LogP contribution < -0.4 is 19.5 Å². The van der Waals surface area contributed by atoms with Crippen molar-refractivity contribution >= 4 is 16.9 Å². The van der Waals surface area contributed by atoms with Crippen LogP contribution in [-0.2, 0) is 6.54 Å². The Morgan fingerprint density at radius 3 is 2.34 bits per heavy atom. The van der Waals surface area contributed by atoms with Crippen molar-refractivity contribution in [1.29, 1.82) is 0 Å². The van der Waals surface area contributed by atoms with E-state index in [9.17, 15) is 4.79 Å². The minimum Gasteiger partial charge on any atom is -0.493 e. The summed E-state index contributed by atoms with van der Waals surface area (Å²) in [6, 6.07) is 11.0. The zero-order valence-electron chi connectivity index (χ0n) is 17.5. The Labute approximate surface area is 170 Å². The zero-order chi connectivity index (χ0) is 21.0. The first-order valence-corrected chi connectivity index (χ1v) is 9.60. The predicted octanol–water partition coefficient (Wildman–Crippen LogP) is 3.96. The van der Waals surface area contributed by atoms with Gasteiger partial charge < -0.3 is 24.1 Å².